The van der Waals surface area contributed by atoms with Gasteiger partial charge in [-0.25, -0.2) is 4.98 Å². The van der Waals surface area contributed by atoms with Crippen molar-refractivity contribution in [1.29, 1.82) is 0 Å². The molecule has 0 saturated heterocycles. The fraction of sp³-hybridized carbons (Fsp3) is 0.444. The number of benzene rings is 1. The standard InChI is InChI=1S/C18H27N5/c1-14(2)23(15(3)4)13-12-19-17-10-11-20-18(22-17)21-16-8-6-5-7-9-16/h5-11,14-15H,12-13H2,1-4H3,(H2,19,20,21,22). The number of para-hydroxylation sites is 1. The molecule has 0 amide bonds. The van der Waals surface area contributed by atoms with Gasteiger partial charge in [0, 0.05) is 37.1 Å². The summed E-state index contributed by atoms with van der Waals surface area (Å²) in [5, 5.41) is 6.59. The Bertz CT molecular complexity index is 575. The minimum absolute atomic E-state index is 0.539. The molecule has 2 rings (SSSR count). The van der Waals surface area contributed by atoms with Gasteiger partial charge in [0.25, 0.3) is 0 Å². The van der Waals surface area contributed by atoms with Crippen LogP contribution < -0.4 is 10.6 Å². The second kappa shape index (κ2) is 8.48. The van der Waals surface area contributed by atoms with E-state index in [4.69, 9.17) is 0 Å². The van der Waals surface area contributed by atoms with Crippen molar-refractivity contribution in [3.05, 3.63) is 42.6 Å². The van der Waals surface area contributed by atoms with Crippen molar-refractivity contribution in [2.75, 3.05) is 23.7 Å². The highest BCUT2D eigenvalue weighted by atomic mass is 15.2. The molecular formula is C18H27N5. The van der Waals surface area contributed by atoms with Gasteiger partial charge in [-0.1, -0.05) is 18.2 Å². The van der Waals surface area contributed by atoms with Gasteiger partial charge in [-0.3, -0.25) is 4.90 Å². The van der Waals surface area contributed by atoms with Gasteiger partial charge in [0.05, 0.1) is 0 Å². The topological polar surface area (TPSA) is 53.1 Å². The molecule has 1 aromatic heterocycles. The van der Waals surface area contributed by atoms with Gasteiger partial charge in [-0.2, -0.15) is 4.98 Å². The van der Waals surface area contributed by atoms with Crippen LogP contribution in [0.4, 0.5) is 17.5 Å². The highest BCUT2D eigenvalue weighted by Gasteiger charge is 2.12. The number of hydrogen-bond acceptors (Lipinski definition) is 5. The summed E-state index contributed by atoms with van der Waals surface area (Å²) in [5.74, 6) is 1.44. The number of rotatable bonds is 8. The van der Waals surface area contributed by atoms with Crippen LogP contribution in [0.1, 0.15) is 27.7 Å². The largest absolute Gasteiger partial charge is 0.369 e. The molecule has 2 N–H and O–H groups in total. The molecule has 23 heavy (non-hydrogen) atoms. The lowest BCUT2D eigenvalue weighted by Gasteiger charge is -2.30. The second-order valence-electron chi connectivity index (χ2n) is 6.11. The summed E-state index contributed by atoms with van der Waals surface area (Å²) in [4.78, 5) is 11.2. The van der Waals surface area contributed by atoms with Crippen LogP contribution in [-0.2, 0) is 0 Å². The first kappa shape index (κ1) is 17.2. The molecule has 0 bridgehead atoms. The SMILES string of the molecule is CC(C)N(CCNc1ccnc(Nc2ccccc2)n1)C(C)C. The zero-order chi connectivity index (χ0) is 16.7. The molecule has 0 radical (unpaired) electrons. The van der Waals surface area contributed by atoms with E-state index in [-0.39, 0.29) is 0 Å². The third-order valence-corrected chi connectivity index (χ3v) is 3.69. The fourth-order valence-electron chi connectivity index (χ4n) is 2.59. The van der Waals surface area contributed by atoms with Crippen LogP contribution >= 0.6 is 0 Å². The van der Waals surface area contributed by atoms with Gasteiger partial charge in [0.15, 0.2) is 0 Å². The van der Waals surface area contributed by atoms with E-state index in [1.165, 1.54) is 0 Å². The molecule has 1 heterocycles. The molecule has 0 spiro atoms. The lowest BCUT2D eigenvalue weighted by Crippen LogP contribution is -2.40. The van der Waals surface area contributed by atoms with E-state index in [2.05, 4.69) is 53.2 Å². The maximum atomic E-state index is 4.50. The van der Waals surface area contributed by atoms with E-state index in [0.29, 0.717) is 18.0 Å². The summed E-state index contributed by atoms with van der Waals surface area (Å²) in [5.41, 5.74) is 0.982. The molecule has 0 fully saturated rings. The molecule has 0 atom stereocenters. The minimum Gasteiger partial charge on any atom is -0.369 e. The van der Waals surface area contributed by atoms with Crippen molar-refractivity contribution < 1.29 is 0 Å². The van der Waals surface area contributed by atoms with E-state index < -0.39 is 0 Å². The third-order valence-electron chi connectivity index (χ3n) is 3.69. The Morgan fingerprint density at radius 1 is 1.00 bits per heavy atom. The lowest BCUT2D eigenvalue weighted by atomic mass is 10.2. The van der Waals surface area contributed by atoms with E-state index in [1.807, 2.05) is 36.4 Å². The minimum atomic E-state index is 0.539. The van der Waals surface area contributed by atoms with Crippen LogP contribution in [0.2, 0.25) is 0 Å². The van der Waals surface area contributed by atoms with Crippen molar-refractivity contribution in [2.45, 2.75) is 39.8 Å². The third kappa shape index (κ3) is 5.53. The Hall–Kier alpha value is -2.14. The molecule has 0 unspecified atom stereocenters. The summed E-state index contributed by atoms with van der Waals surface area (Å²) in [6.45, 7) is 10.8. The number of nitrogens with one attached hydrogen (secondary N) is 2. The predicted octanol–water partition coefficient (Wildman–Crippen LogP) is 3.75. The van der Waals surface area contributed by atoms with Gasteiger partial charge in [0.1, 0.15) is 5.82 Å². The first-order valence-corrected chi connectivity index (χ1v) is 8.21. The Balaban J connectivity index is 1.90. The van der Waals surface area contributed by atoms with Crippen LogP contribution in [0.25, 0.3) is 0 Å². The molecule has 5 nitrogen and oxygen atoms in total. The maximum Gasteiger partial charge on any atom is 0.229 e. The highest BCUT2D eigenvalue weighted by Crippen LogP contribution is 2.13. The van der Waals surface area contributed by atoms with Crippen LogP contribution in [0, 0.1) is 0 Å². The Kier molecular flexibility index (Phi) is 6.35. The van der Waals surface area contributed by atoms with Crippen LogP contribution in [0.3, 0.4) is 0 Å². The number of aromatic nitrogens is 2. The van der Waals surface area contributed by atoms with Gasteiger partial charge in [0.2, 0.25) is 5.95 Å². The second-order valence-corrected chi connectivity index (χ2v) is 6.11. The van der Waals surface area contributed by atoms with Crippen LogP contribution in [-0.4, -0.2) is 40.0 Å². The number of nitrogens with zero attached hydrogens (tertiary/aromatic N) is 3. The number of hydrogen-bond donors (Lipinski definition) is 2. The summed E-state index contributed by atoms with van der Waals surface area (Å²) in [7, 11) is 0. The molecule has 2 aromatic rings. The van der Waals surface area contributed by atoms with Crippen molar-refractivity contribution >= 4 is 17.5 Å². The van der Waals surface area contributed by atoms with Crippen molar-refractivity contribution in [3.63, 3.8) is 0 Å². The van der Waals surface area contributed by atoms with Crippen molar-refractivity contribution in [1.82, 2.24) is 14.9 Å². The Labute approximate surface area is 139 Å². The molecular weight excluding hydrogens is 286 g/mol. The summed E-state index contributed by atoms with van der Waals surface area (Å²) in [6, 6.07) is 12.9. The highest BCUT2D eigenvalue weighted by molar-refractivity contribution is 5.54. The van der Waals surface area contributed by atoms with E-state index >= 15 is 0 Å². The monoisotopic (exact) mass is 313 g/mol. The summed E-state index contributed by atoms with van der Waals surface area (Å²) >= 11 is 0. The zero-order valence-corrected chi connectivity index (χ0v) is 14.5. The van der Waals surface area contributed by atoms with Crippen LogP contribution in [0.5, 0.6) is 0 Å². The summed E-state index contributed by atoms with van der Waals surface area (Å²) in [6.07, 6.45) is 1.77. The Morgan fingerprint density at radius 2 is 1.70 bits per heavy atom. The zero-order valence-electron chi connectivity index (χ0n) is 14.5. The van der Waals surface area contributed by atoms with E-state index in [9.17, 15) is 0 Å². The molecule has 124 valence electrons. The smallest absolute Gasteiger partial charge is 0.229 e. The van der Waals surface area contributed by atoms with Crippen LogP contribution in [0.15, 0.2) is 42.6 Å². The van der Waals surface area contributed by atoms with Gasteiger partial charge >= 0.3 is 0 Å². The Morgan fingerprint density at radius 3 is 2.35 bits per heavy atom. The number of anilines is 3. The predicted molar refractivity (Wildman–Crippen MR) is 97.2 cm³/mol. The first-order chi connectivity index (χ1) is 11.1. The van der Waals surface area contributed by atoms with Gasteiger partial charge < -0.3 is 10.6 Å². The van der Waals surface area contributed by atoms with Crippen molar-refractivity contribution in [3.8, 4) is 0 Å². The molecule has 0 aliphatic heterocycles. The lowest BCUT2D eigenvalue weighted by molar-refractivity contribution is 0.182. The first-order valence-electron chi connectivity index (χ1n) is 8.21. The molecule has 1 aromatic carbocycles. The van der Waals surface area contributed by atoms with E-state index in [0.717, 1.165) is 24.6 Å². The fourth-order valence-corrected chi connectivity index (χ4v) is 2.59. The molecule has 5 heteroatoms. The maximum absolute atomic E-state index is 4.50. The van der Waals surface area contributed by atoms with E-state index in [1.54, 1.807) is 6.20 Å². The van der Waals surface area contributed by atoms with Gasteiger partial charge in [-0.05, 0) is 45.9 Å². The molecule has 0 aliphatic carbocycles. The molecule has 0 saturated carbocycles. The van der Waals surface area contributed by atoms with Crippen molar-refractivity contribution in [2.24, 2.45) is 0 Å². The average Bonchev–Trinajstić information content (AvgIpc) is 2.52. The molecule has 0 aliphatic rings. The normalized spacial score (nSPS) is 11.3. The quantitative estimate of drug-likeness (QED) is 0.777. The average molecular weight is 313 g/mol. The summed E-state index contributed by atoms with van der Waals surface area (Å²) < 4.78 is 0. The van der Waals surface area contributed by atoms with Gasteiger partial charge in [-0.15, -0.1) is 0 Å².